The Kier molecular flexibility index (Phi) is 4.48. The molecule has 1 aromatic rings. The molecule has 0 spiro atoms. The molecule has 0 amide bonds. The lowest BCUT2D eigenvalue weighted by Gasteiger charge is -2.07. The average Bonchev–Trinajstić information content (AvgIpc) is 2.31. The minimum absolute atomic E-state index is 0.416. The van der Waals surface area contributed by atoms with Crippen LogP contribution in [0.5, 0.6) is 11.5 Å². The van der Waals surface area contributed by atoms with Crippen LogP contribution in [0.3, 0.4) is 0 Å². The smallest absolute Gasteiger partial charge is 0.120 e. The van der Waals surface area contributed by atoms with Crippen molar-refractivity contribution >= 4 is 0 Å². The predicted molar refractivity (Wildman–Crippen MR) is 60.2 cm³/mol. The van der Waals surface area contributed by atoms with Gasteiger partial charge >= 0.3 is 0 Å². The zero-order valence-electron chi connectivity index (χ0n) is 8.82. The summed E-state index contributed by atoms with van der Waals surface area (Å²) in [5.74, 6) is 1.58. The summed E-state index contributed by atoms with van der Waals surface area (Å²) in [5, 5.41) is 0. The van der Waals surface area contributed by atoms with E-state index in [2.05, 4.69) is 12.3 Å². The normalized spacial score (nSPS) is 9.20. The molecule has 15 heavy (non-hydrogen) atoms. The molecular formula is C12H15NO2. The lowest BCUT2D eigenvalue weighted by molar-refractivity contribution is 0.349. The Morgan fingerprint density at radius 3 is 2.40 bits per heavy atom. The van der Waals surface area contributed by atoms with Crippen molar-refractivity contribution in [3.63, 3.8) is 0 Å². The first-order valence-electron chi connectivity index (χ1n) is 4.65. The van der Waals surface area contributed by atoms with Crippen LogP contribution >= 0.6 is 0 Å². The molecule has 0 unspecified atom stereocenters. The highest BCUT2D eigenvalue weighted by molar-refractivity contribution is 5.31. The second kappa shape index (κ2) is 5.91. The number of hydrogen-bond donors (Lipinski definition) is 1. The summed E-state index contributed by atoms with van der Waals surface area (Å²) < 4.78 is 10.5. The Hall–Kier alpha value is -1.70. The molecule has 0 atom stereocenters. The maximum Gasteiger partial charge on any atom is 0.120 e. The molecule has 3 nitrogen and oxygen atoms in total. The molecule has 0 aliphatic rings. The van der Waals surface area contributed by atoms with Gasteiger partial charge in [-0.1, -0.05) is 6.58 Å². The van der Waals surface area contributed by atoms with Crippen molar-refractivity contribution in [2.75, 3.05) is 20.3 Å². The van der Waals surface area contributed by atoms with Gasteiger partial charge in [0.1, 0.15) is 18.1 Å². The van der Waals surface area contributed by atoms with E-state index in [1.807, 2.05) is 24.3 Å². The number of rotatable bonds is 5. The van der Waals surface area contributed by atoms with E-state index in [1.54, 1.807) is 7.11 Å². The van der Waals surface area contributed by atoms with Crippen LogP contribution in [0.1, 0.15) is 0 Å². The maximum atomic E-state index is 5.47. The molecule has 0 saturated carbocycles. The van der Waals surface area contributed by atoms with Crippen molar-refractivity contribution in [1.82, 2.24) is 0 Å². The van der Waals surface area contributed by atoms with Gasteiger partial charge in [-0.05, 0) is 24.3 Å². The van der Waals surface area contributed by atoms with E-state index in [9.17, 15) is 0 Å². The van der Waals surface area contributed by atoms with Crippen LogP contribution in [0.15, 0.2) is 42.1 Å². The molecule has 0 saturated heterocycles. The molecule has 0 aliphatic carbocycles. The monoisotopic (exact) mass is 205 g/mol. The van der Waals surface area contributed by atoms with Crippen LogP contribution in [0, 0.1) is 0 Å². The Morgan fingerprint density at radius 2 is 1.93 bits per heavy atom. The lowest BCUT2D eigenvalue weighted by Crippen LogP contribution is -2.10. The molecule has 1 rings (SSSR count). The zero-order valence-corrected chi connectivity index (χ0v) is 8.82. The molecule has 80 valence electrons. The van der Waals surface area contributed by atoms with E-state index in [1.165, 1.54) is 0 Å². The third kappa shape index (κ3) is 3.50. The fraction of sp³-hybridized carbons (Fsp3) is 0.250. The van der Waals surface area contributed by atoms with E-state index in [4.69, 9.17) is 15.2 Å². The highest BCUT2D eigenvalue weighted by Gasteiger charge is 1.97. The highest BCUT2D eigenvalue weighted by atomic mass is 16.5. The summed E-state index contributed by atoms with van der Waals surface area (Å²) >= 11 is 0. The third-order valence-electron chi connectivity index (χ3n) is 1.97. The van der Waals surface area contributed by atoms with Gasteiger partial charge in [-0.2, -0.15) is 0 Å². The number of hydrogen-bond acceptors (Lipinski definition) is 3. The van der Waals surface area contributed by atoms with Crippen LogP contribution in [0.25, 0.3) is 0 Å². The topological polar surface area (TPSA) is 44.5 Å². The minimum atomic E-state index is 0.416. The van der Waals surface area contributed by atoms with Crippen molar-refractivity contribution in [3.8, 4) is 11.5 Å². The zero-order chi connectivity index (χ0) is 11.1. The van der Waals surface area contributed by atoms with Crippen LogP contribution in [-0.2, 0) is 0 Å². The first kappa shape index (κ1) is 11.4. The van der Waals surface area contributed by atoms with E-state index in [0.29, 0.717) is 13.2 Å². The molecule has 2 N–H and O–H groups in total. The van der Waals surface area contributed by atoms with Gasteiger partial charge in [-0.15, -0.1) is 5.73 Å². The van der Waals surface area contributed by atoms with Gasteiger partial charge in [-0.25, -0.2) is 0 Å². The molecule has 0 fully saturated rings. The Morgan fingerprint density at radius 1 is 1.33 bits per heavy atom. The quantitative estimate of drug-likeness (QED) is 0.745. The summed E-state index contributed by atoms with van der Waals surface area (Å²) in [4.78, 5) is 0. The summed E-state index contributed by atoms with van der Waals surface area (Å²) in [6, 6.07) is 7.37. The first-order chi connectivity index (χ1) is 7.30. The van der Waals surface area contributed by atoms with Crippen LogP contribution in [0.2, 0.25) is 0 Å². The van der Waals surface area contributed by atoms with Crippen molar-refractivity contribution < 1.29 is 9.47 Å². The third-order valence-corrected chi connectivity index (χ3v) is 1.97. The van der Waals surface area contributed by atoms with Gasteiger partial charge in [0.05, 0.1) is 7.11 Å². The van der Waals surface area contributed by atoms with Crippen LogP contribution in [0.4, 0.5) is 0 Å². The molecule has 0 aliphatic heterocycles. The van der Waals surface area contributed by atoms with Gasteiger partial charge < -0.3 is 15.2 Å². The fourth-order valence-electron chi connectivity index (χ4n) is 1.02. The van der Waals surface area contributed by atoms with E-state index in [0.717, 1.165) is 17.1 Å². The Balaban J connectivity index is 2.54. The van der Waals surface area contributed by atoms with Crippen molar-refractivity contribution in [2.24, 2.45) is 5.73 Å². The van der Waals surface area contributed by atoms with Gasteiger partial charge in [0.15, 0.2) is 0 Å². The first-order valence-corrected chi connectivity index (χ1v) is 4.65. The fourth-order valence-corrected chi connectivity index (χ4v) is 1.02. The van der Waals surface area contributed by atoms with Gasteiger partial charge in [-0.3, -0.25) is 0 Å². The predicted octanol–water partition coefficient (Wildman–Crippen LogP) is 1.74. The second-order valence-corrected chi connectivity index (χ2v) is 2.95. The second-order valence-electron chi connectivity index (χ2n) is 2.95. The van der Waals surface area contributed by atoms with Crippen LogP contribution < -0.4 is 15.2 Å². The molecule has 0 radical (unpaired) electrons. The number of nitrogens with two attached hydrogens (primary N) is 1. The van der Waals surface area contributed by atoms with Crippen molar-refractivity contribution in [3.05, 3.63) is 42.1 Å². The summed E-state index contributed by atoms with van der Waals surface area (Å²) in [6.07, 6.45) is 0. The van der Waals surface area contributed by atoms with Crippen molar-refractivity contribution in [1.29, 1.82) is 0 Å². The molecule has 0 aromatic heterocycles. The van der Waals surface area contributed by atoms with Crippen LogP contribution in [-0.4, -0.2) is 20.3 Å². The summed E-state index contributed by atoms with van der Waals surface area (Å²) in [7, 11) is 1.63. The van der Waals surface area contributed by atoms with E-state index >= 15 is 0 Å². The molecule has 0 heterocycles. The number of benzene rings is 1. The molecule has 0 bridgehead atoms. The van der Waals surface area contributed by atoms with Crippen molar-refractivity contribution in [2.45, 2.75) is 0 Å². The number of ether oxygens (including phenoxy) is 2. The standard InChI is InChI=1S/C12H15NO2/c1-3-10(8-13)9-15-12-6-4-11(14-2)5-7-12/h4-7H,1,8-9,13H2,2H3. The maximum absolute atomic E-state index is 5.47. The van der Waals surface area contributed by atoms with Gasteiger partial charge in [0.25, 0.3) is 0 Å². The highest BCUT2D eigenvalue weighted by Crippen LogP contribution is 2.17. The summed E-state index contributed by atoms with van der Waals surface area (Å²) in [6.45, 7) is 4.37. The summed E-state index contributed by atoms with van der Waals surface area (Å²) in [5.41, 5.74) is 9.04. The SMILES string of the molecule is C=C=C(CN)COc1ccc(OC)cc1. The number of methoxy groups -OCH3 is 1. The van der Waals surface area contributed by atoms with Gasteiger partial charge in [0.2, 0.25) is 0 Å². The largest absolute Gasteiger partial charge is 0.497 e. The minimum Gasteiger partial charge on any atom is -0.497 e. The molecule has 1 aromatic carbocycles. The Bertz CT molecular complexity index is 350. The van der Waals surface area contributed by atoms with Gasteiger partial charge in [0, 0.05) is 12.1 Å². The molecule has 3 heteroatoms. The van der Waals surface area contributed by atoms with E-state index in [-0.39, 0.29) is 0 Å². The van der Waals surface area contributed by atoms with E-state index < -0.39 is 0 Å². The lowest BCUT2D eigenvalue weighted by atomic mass is 10.3. The Labute approximate surface area is 89.8 Å². The molecular weight excluding hydrogens is 190 g/mol. The average molecular weight is 205 g/mol.